The van der Waals surface area contributed by atoms with Crippen LogP contribution in [0.3, 0.4) is 0 Å². The lowest BCUT2D eigenvalue weighted by atomic mass is 10.1. The van der Waals surface area contributed by atoms with Gasteiger partial charge in [0, 0.05) is 41.6 Å². The van der Waals surface area contributed by atoms with E-state index in [1.165, 1.54) is 7.11 Å². The van der Waals surface area contributed by atoms with Gasteiger partial charge in [-0.25, -0.2) is 13.4 Å². The first-order valence-corrected chi connectivity index (χ1v) is 15.2. The Labute approximate surface area is 233 Å². The van der Waals surface area contributed by atoms with Crippen LogP contribution in [0, 0.1) is 0 Å². The number of benzene rings is 2. The fourth-order valence-electron chi connectivity index (χ4n) is 5.89. The highest BCUT2D eigenvalue weighted by atomic mass is 35.5. The van der Waals surface area contributed by atoms with E-state index in [4.69, 9.17) is 26.3 Å². The van der Waals surface area contributed by atoms with Crippen molar-refractivity contribution in [2.75, 3.05) is 41.1 Å². The molecule has 0 aliphatic carbocycles. The second-order valence-electron chi connectivity index (χ2n) is 10.3. The van der Waals surface area contributed by atoms with E-state index in [0.29, 0.717) is 36.0 Å². The zero-order valence-corrected chi connectivity index (χ0v) is 23.2. The first-order chi connectivity index (χ1) is 18.8. The Bertz CT molecular complexity index is 1480. The quantitative estimate of drug-likeness (QED) is 0.439. The number of aryl methyl sites for hydroxylation is 1. The van der Waals surface area contributed by atoms with Crippen molar-refractivity contribution in [1.29, 1.82) is 0 Å². The molecule has 3 aromatic rings. The van der Waals surface area contributed by atoms with Crippen LogP contribution in [0.2, 0.25) is 5.02 Å². The highest BCUT2D eigenvalue weighted by molar-refractivity contribution is 7.91. The number of ether oxygens (including phenoxy) is 1. The number of piperazine rings is 1. The number of aromatic nitrogens is 2. The zero-order chi connectivity index (χ0) is 27.1. The monoisotopic (exact) mass is 567 g/mol. The number of halogens is 1. The van der Waals surface area contributed by atoms with Crippen LogP contribution in [-0.4, -0.2) is 62.4 Å². The summed E-state index contributed by atoms with van der Waals surface area (Å²) < 4.78 is 31.0. The van der Waals surface area contributed by atoms with E-state index >= 15 is 0 Å². The number of fused-ring (bicyclic) bond motifs is 3. The maximum Gasteiger partial charge on any atom is 0.309 e. The van der Waals surface area contributed by atoms with E-state index in [-0.39, 0.29) is 35.1 Å². The van der Waals surface area contributed by atoms with Crippen LogP contribution >= 0.6 is 11.6 Å². The molecule has 2 unspecified atom stereocenters. The number of carbonyl (C=O) groups is 1. The molecule has 2 saturated heterocycles. The normalized spacial score (nSPS) is 21.4. The van der Waals surface area contributed by atoms with Crippen LogP contribution in [0.15, 0.2) is 53.4 Å². The molecule has 11 heteroatoms. The van der Waals surface area contributed by atoms with Gasteiger partial charge in [0.05, 0.1) is 25.0 Å². The minimum absolute atomic E-state index is 0.0838. The van der Waals surface area contributed by atoms with Gasteiger partial charge in [0.2, 0.25) is 5.95 Å². The molecule has 3 aliphatic heterocycles. The van der Waals surface area contributed by atoms with Crippen LogP contribution in [0.5, 0.6) is 0 Å². The Hall–Kier alpha value is -3.37. The van der Waals surface area contributed by atoms with Crippen molar-refractivity contribution in [3.63, 3.8) is 0 Å². The fraction of sp³-hybridized carbons (Fsp3) is 0.393. The molecule has 2 aromatic carbocycles. The van der Waals surface area contributed by atoms with Gasteiger partial charge in [-0.1, -0.05) is 23.7 Å². The number of carbonyl (C=O) groups excluding carboxylic acids is 1. The number of hydrogen-bond donors (Lipinski definition) is 1. The van der Waals surface area contributed by atoms with Gasteiger partial charge >= 0.3 is 5.97 Å². The van der Waals surface area contributed by atoms with E-state index in [0.717, 1.165) is 42.2 Å². The van der Waals surface area contributed by atoms with E-state index in [1.54, 1.807) is 0 Å². The molecule has 2 fully saturated rings. The van der Waals surface area contributed by atoms with Crippen LogP contribution in [-0.2, 0) is 32.2 Å². The van der Waals surface area contributed by atoms with E-state index in [9.17, 15) is 13.2 Å². The average molecular weight is 568 g/mol. The molecular formula is C28H30ClN5O4S. The van der Waals surface area contributed by atoms with Crippen LogP contribution < -0.4 is 15.1 Å². The van der Waals surface area contributed by atoms with Crippen molar-refractivity contribution >= 4 is 50.5 Å². The number of anilines is 4. The molecule has 1 N–H and O–H groups in total. The Morgan fingerprint density at radius 1 is 1.05 bits per heavy atom. The van der Waals surface area contributed by atoms with Gasteiger partial charge in [0.25, 0.3) is 0 Å². The van der Waals surface area contributed by atoms with Gasteiger partial charge in [-0.3, -0.25) is 4.79 Å². The number of methoxy groups -OCH3 is 1. The summed E-state index contributed by atoms with van der Waals surface area (Å²) in [6.45, 7) is 1.67. The number of nitrogens with one attached hydrogen (secondary N) is 1. The largest absolute Gasteiger partial charge is 0.469 e. The number of esters is 1. The Morgan fingerprint density at radius 2 is 1.74 bits per heavy atom. The third-order valence-corrected chi connectivity index (χ3v) is 9.89. The lowest BCUT2D eigenvalue weighted by Crippen LogP contribution is -2.54. The van der Waals surface area contributed by atoms with Gasteiger partial charge < -0.3 is 19.9 Å². The first-order valence-electron chi connectivity index (χ1n) is 13.2. The van der Waals surface area contributed by atoms with Crippen molar-refractivity contribution in [2.24, 2.45) is 0 Å². The van der Waals surface area contributed by atoms with Crippen molar-refractivity contribution in [1.82, 2.24) is 9.97 Å². The first kappa shape index (κ1) is 25.9. The molecule has 1 aromatic heterocycles. The molecule has 0 radical (unpaired) electrons. The molecule has 2 bridgehead atoms. The minimum atomic E-state index is -3.51. The second kappa shape index (κ2) is 10.3. The molecule has 0 amide bonds. The Kier molecular flexibility index (Phi) is 6.84. The summed E-state index contributed by atoms with van der Waals surface area (Å²) in [5, 5.41) is 3.97. The van der Waals surface area contributed by atoms with Gasteiger partial charge in [0.1, 0.15) is 4.90 Å². The number of hydrogen-bond acceptors (Lipinski definition) is 9. The third-order valence-electron chi connectivity index (χ3n) is 7.76. The van der Waals surface area contributed by atoms with Crippen LogP contribution in [0.1, 0.15) is 30.5 Å². The smallest absolute Gasteiger partial charge is 0.309 e. The lowest BCUT2D eigenvalue weighted by molar-refractivity contribution is -0.139. The summed E-state index contributed by atoms with van der Waals surface area (Å²) >= 11 is 6.10. The fourth-order valence-corrected chi connectivity index (χ4v) is 7.64. The van der Waals surface area contributed by atoms with Crippen molar-refractivity contribution < 1.29 is 17.9 Å². The van der Waals surface area contributed by atoms with Crippen LogP contribution in [0.4, 0.5) is 23.1 Å². The van der Waals surface area contributed by atoms with Gasteiger partial charge in [-0.05, 0) is 67.6 Å². The molecule has 2 atom stereocenters. The molecule has 6 rings (SSSR count). The number of rotatable bonds is 6. The number of sulfone groups is 1. The molecule has 0 saturated carbocycles. The summed E-state index contributed by atoms with van der Waals surface area (Å²) in [5.41, 5.74) is 3.22. The maximum atomic E-state index is 13.1. The predicted molar refractivity (Wildman–Crippen MR) is 151 cm³/mol. The topological polar surface area (TPSA) is 105 Å². The van der Waals surface area contributed by atoms with Crippen molar-refractivity contribution in [2.45, 2.75) is 49.1 Å². The van der Waals surface area contributed by atoms with E-state index in [2.05, 4.69) is 27.2 Å². The third kappa shape index (κ3) is 5.15. The summed E-state index contributed by atoms with van der Waals surface area (Å²) in [6, 6.07) is 15.7. The zero-order valence-electron chi connectivity index (χ0n) is 21.6. The average Bonchev–Trinajstić information content (AvgIpc) is 3.18. The standard InChI is InChI=1S/C28H30ClN5O4S/c1-38-25(35)15-18-4-8-20(9-5-18)30-27-26-24(3-2-14-39(26,36)37)31-28(32-27)34-22-12-13-23(34)17-33(16-22)21-10-6-19(29)7-11-21/h4-11,22-23H,2-3,12-17H2,1H3,(H,30,31,32). The summed E-state index contributed by atoms with van der Waals surface area (Å²) in [6.07, 6.45) is 3.36. The molecular weight excluding hydrogens is 538 g/mol. The van der Waals surface area contributed by atoms with Crippen molar-refractivity contribution in [3.8, 4) is 0 Å². The van der Waals surface area contributed by atoms with Gasteiger partial charge in [-0.2, -0.15) is 4.98 Å². The highest BCUT2D eigenvalue weighted by Gasteiger charge is 2.42. The second-order valence-corrected chi connectivity index (χ2v) is 12.8. The molecule has 204 valence electrons. The molecule has 4 heterocycles. The highest BCUT2D eigenvalue weighted by Crippen LogP contribution is 2.39. The van der Waals surface area contributed by atoms with Crippen LogP contribution in [0.25, 0.3) is 0 Å². The lowest BCUT2D eigenvalue weighted by Gasteiger charge is -2.42. The van der Waals surface area contributed by atoms with E-state index in [1.807, 2.05) is 36.4 Å². The summed E-state index contributed by atoms with van der Waals surface area (Å²) in [7, 11) is -2.15. The Morgan fingerprint density at radius 3 is 2.41 bits per heavy atom. The van der Waals surface area contributed by atoms with Crippen molar-refractivity contribution in [3.05, 3.63) is 64.8 Å². The summed E-state index contributed by atoms with van der Waals surface area (Å²) in [5.74, 6) is 0.663. The SMILES string of the molecule is COC(=O)Cc1ccc(Nc2nc(N3C4CCC3CN(c3ccc(Cl)cc3)C4)nc3c2S(=O)(=O)CCC3)cc1. The predicted octanol–water partition coefficient (Wildman–Crippen LogP) is 4.17. The maximum absolute atomic E-state index is 13.1. The molecule has 9 nitrogen and oxygen atoms in total. The molecule has 39 heavy (non-hydrogen) atoms. The minimum Gasteiger partial charge on any atom is -0.469 e. The molecule has 0 spiro atoms. The van der Waals surface area contributed by atoms with Gasteiger partial charge in [-0.15, -0.1) is 0 Å². The Balaban J connectivity index is 1.31. The molecule has 3 aliphatic rings. The van der Waals surface area contributed by atoms with E-state index < -0.39 is 9.84 Å². The number of nitrogens with zero attached hydrogens (tertiary/aromatic N) is 4. The van der Waals surface area contributed by atoms with Gasteiger partial charge in [0.15, 0.2) is 15.7 Å². The summed E-state index contributed by atoms with van der Waals surface area (Å²) in [4.78, 5) is 26.2.